The smallest absolute Gasteiger partial charge is 0 e. The third-order valence-electron chi connectivity index (χ3n) is 0.827. The van der Waals surface area contributed by atoms with Crippen LogP contribution < -0.4 is 0 Å². The molecule has 1 rings (SSSR count). The molecule has 1 aliphatic rings. The Kier molecular flexibility index (Phi) is 4.63. The SMILES string of the molecule is C1CCSC1.[Fe]. The normalized spacial score (nSPS) is 20.0. The van der Waals surface area contributed by atoms with E-state index < -0.39 is 0 Å². The van der Waals surface area contributed by atoms with Gasteiger partial charge in [0.1, 0.15) is 0 Å². The van der Waals surface area contributed by atoms with Gasteiger partial charge in [-0.3, -0.25) is 0 Å². The van der Waals surface area contributed by atoms with Crippen LogP contribution in [0.2, 0.25) is 0 Å². The van der Waals surface area contributed by atoms with Crippen molar-refractivity contribution in [2.75, 3.05) is 11.5 Å². The van der Waals surface area contributed by atoms with E-state index in [0.29, 0.717) is 0 Å². The molecule has 1 aliphatic heterocycles. The maximum Gasteiger partial charge on any atom is 0 e. The molecule has 0 aromatic heterocycles. The molecule has 0 N–H and O–H groups in total. The van der Waals surface area contributed by atoms with Gasteiger partial charge < -0.3 is 0 Å². The molecule has 2 heteroatoms. The third kappa shape index (κ3) is 2.12. The van der Waals surface area contributed by atoms with E-state index >= 15 is 0 Å². The fourth-order valence-corrected chi connectivity index (χ4v) is 1.53. The minimum absolute atomic E-state index is 0. The van der Waals surface area contributed by atoms with Gasteiger partial charge in [-0.25, -0.2) is 0 Å². The Balaban J connectivity index is 0.000000250. The average molecular weight is 144 g/mol. The monoisotopic (exact) mass is 144 g/mol. The van der Waals surface area contributed by atoms with E-state index in [1.165, 1.54) is 24.3 Å². The van der Waals surface area contributed by atoms with E-state index in [9.17, 15) is 0 Å². The second-order valence-corrected chi connectivity index (χ2v) is 2.54. The second kappa shape index (κ2) is 4.04. The first-order valence-corrected chi connectivity index (χ1v) is 3.23. The molecule has 0 unspecified atom stereocenters. The van der Waals surface area contributed by atoms with Gasteiger partial charge in [-0.1, -0.05) is 0 Å². The first-order chi connectivity index (χ1) is 2.50. The van der Waals surface area contributed by atoms with Crippen LogP contribution in [0.3, 0.4) is 0 Å². The zero-order valence-electron chi connectivity index (χ0n) is 3.59. The van der Waals surface area contributed by atoms with Gasteiger partial charge >= 0.3 is 0 Å². The van der Waals surface area contributed by atoms with Crippen molar-refractivity contribution < 1.29 is 17.1 Å². The maximum absolute atomic E-state index is 2.07. The first-order valence-electron chi connectivity index (χ1n) is 2.08. The summed E-state index contributed by atoms with van der Waals surface area (Å²) in [6.45, 7) is 0. The molecule has 1 heterocycles. The molecule has 0 atom stereocenters. The summed E-state index contributed by atoms with van der Waals surface area (Å²) in [5, 5.41) is 0. The van der Waals surface area contributed by atoms with Crippen LogP contribution in [0.25, 0.3) is 0 Å². The van der Waals surface area contributed by atoms with Gasteiger partial charge in [0.05, 0.1) is 0 Å². The summed E-state index contributed by atoms with van der Waals surface area (Å²) in [4.78, 5) is 0. The molecule has 1 fully saturated rings. The molecule has 0 aromatic carbocycles. The fourth-order valence-electron chi connectivity index (χ4n) is 0.510. The molecule has 0 nitrogen and oxygen atoms in total. The molecule has 0 radical (unpaired) electrons. The van der Waals surface area contributed by atoms with Gasteiger partial charge in [0.15, 0.2) is 0 Å². The minimum Gasteiger partial charge on any atom is -0.162 e. The van der Waals surface area contributed by atoms with E-state index in [2.05, 4.69) is 11.8 Å². The third-order valence-corrected chi connectivity index (χ3v) is 1.98. The van der Waals surface area contributed by atoms with Gasteiger partial charge in [0.2, 0.25) is 0 Å². The van der Waals surface area contributed by atoms with E-state index in [1.54, 1.807) is 0 Å². The summed E-state index contributed by atoms with van der Waals surface area (Å²) < 4.78 is 0. The maximum atomic E-state index is 2.07. The van der Waals surface area contributed by atoms with Gasteiger partial charge in [-0.2, -0.15) is 11.8 Å². The zero-order chi connectivity index (χ0) is 3.54. The van der Waals surface area contributed by atoms with Crippen LogP contribution in [-0.2, 0) is 17.1 Å². The van der Waals surface area contributed by atoms with Crippen LogP contribution in [0.1, 0.15) is 12.8 Å². The summed E-state index contributed by atoms with van der Waals surface area (Å²) in [6, 6.07) is 0. The fraction of sp³-hybridized carbons (Fsp3) is 1.00. The van der Waals surface area contributed by atoms with E-state index in [1.807, 2.05) is 0 Å². The van der Waals surface area contributed by atoms with Gasteiger partial charge in [0.25, 0.3) is 0 Å². The Morgan fingerprint density at radius 1 is 1.00 bits per heavy atom. The van der Waals surface area contributed by atoms with Crippen LogP contribution in [0, 0.1) is 0 Å². The Hall–Kier alpha value is 0.869. The summed E-state index contributed by atoms with van der Waals surface area (Å²) in [6.07, 6.45) is 2.93. The van der Waals surface area contributed by atoms with Crippen molar-refractivity contribution in [3.8, 4) is 0 Å². The zero-order valence-corrected chi connectivity index (χ0v) is 5.51. The van der Waals surface area contributed by atoms with Crippen molar-refractivity contribution in [3.63, 3.8) is 0 Å². The van der Waals surface area contributed by atoms with Crippen LogP contribution >= 0.6 is 11.8 Å². The molecule has 0 aromatic rings. The number of thioether (sulfide) groups is 1. The predicted molar refractivity (Wildman–Crippen MR) is 26.6 cm³/mol. The van der Waals surface area contributed by atoms with Crippen LogP contribution in [0.5, 0.6) is 0 Å². The largest absolute Gasteiger partial charge is 0.162 e. The van der Waals surface area contributed by atoms with Crippen molar-refractivity contribution in [1.82, 2.24) is 0 Å². The number of rotatable bonds is 0. The topological polar surface area (TPSA) is 0 Å². The molecule has 6 heavy (non-hydrogen) atoms. The van der Waals surface area contributed by atoms with Crippen molar-refractivity contribution in [2.24, 2.45) is 0 Å². The van der Waals surface area contributed by atoms with Gasteiger partial charge in [0, 0.05) is 17.1 Å². The Morgan fingerprint density at radius 2 is 1.50 bits per heavy atom. The van der Waals surface area contributed by atoms with Crippen molar-refractivity contribution >= 4 is 11.8 Å². The van der Waals surface area contributed by atoms with E-state index in [4.69, 9.17) is 0 Å². The van der Waals surface area contributed by atoms with E-state index in [-0.39, 0.29) is 17.1 Å². The van der Waals surface area contributed by atoms with Crippen LogP contribution in [0.4, 0.5) is 0 Å². The van der Waals surface area contributed by atoms with Crippen molar-refractivity contribution in [2.45, 2.75) is 12.8 Å². The Morgan fingerprint density at radius 3 is 1.67 bits per heavy atom. The molecule has 38 valence electrons. The molecule has 0 aliphatic carbocycles. The van der Waals surface area contributed by atoms with Crippen LogP contribution in [-0.4, -0.2) is 11.5 Å². The quantitative estimate of drug-likeness (QED) is 0.464. The molecule has 0 spiro atoms. The standard InChI is InChI=1S/C4H8S.Fe/c1-2-4-5-3-1;/h1-4H2;. The molecule has 0 amide bonds. The summed E-state index contributed by atoms with van der Waals surface area (Å²) in [5.41, 5.74) is 0. The van der Waals surface area contributed by atoms with Crippen molar-refractivity contribution in [1.29, 1.82) is 0 Å². The Labute approximate surface area is 53.5 Å². The van der Waals surface area contributed by atoms with Crippen molar-refractivity contribution in [3.05, 3.63) is 0 Å². The first kappa shape index (κ1) is 6.87. The van der Waals surface area contributed by atoms with Crippen LogP contribution in [0.15, 0.2) is 0 Å². The van der Waals surface area contributed by atoms with Gasteiger partial charge in [-0.05, 0) is 24.3 Å². The van der Waals surface area contributed by atoms with E-state index in [0.717, 1.165) is 0 Å². The summed E-state index contributed by atoms with van der Waals surface area (Å²) >= 11 is 2.07. The predicted octanol–water partition coefficient (Wildman–Crippen LogP) is 1.51. The summed E-state index contributed by atoms with van der Waals surface area (Å²) in [5.74, 6) is 2.83. The molecule has 1 saturated heterocycles. The molecule has 0 bridgehead atoms. The number of hydrogen-bond donors (Lipinski definition) is 0. The molecule has 0 saturated carbocycles. The minimum atomic E-state index is 0. The Bertz CT molecular complexity index is 19.1. The summed E-state index contributed by atoms with van der Waals surface area (Å²) in [7, 11) is 0. The number of hydrogen-bond acceptors (Lipinski definition) is 1. The molecular formula is C4H8FeS. The average Bonchev–Trinajstić information content (AvgIpc) is 1.76. The second-order valence-electron chi connectivity index (χ2n) is 1.32. The molecular weight excluding hydrogens is 136 g/mol. The van der Waals surface area contributed by atoms with Gasteiger partial charge in [-0.15, -0.1) is 0 Å².